The van der Waals surface area contributed by atoms with Gasteiger partial charge in [0.2, 0.25) is 40.8 Å². The van der Waals surface area contributed by atoms with E-state index < -0.39 is 5.97 Å². The van der Waals surface area contributed by atoms with Gasteiger partial charge in [0.1, 0.15) is 12.6 Å². The average Bonchev–Trinajstić information content (AvgIpc) is 1.61. The zero-order valence-corrected chi connectivity index (χ0v) is 67.4. The molecule has 0 saturated heterocycles. The van der Waals surface area contributed by atoms with Crippen molar-refractivity contribution in [2.45, 2.75) is 110 Å². The standard InChI is InChI=1S/C20H22O2.C17H16O4.C17H18O3.C17H16O3.C14H16O4.C8H6O3.3CO2/c1-3-16(4-2)18(12-15-8-6-5-7-9-15)17-10-11-19-20(13-17)22-14-21-19;18-17(19)10-14(8-12-4-2-1-3-5-12)13-6-7-15-16(9-13)21-11-20-15;2*18-9-8-15(10-13-4-2-1-3-5-13)14-6-7-16-17(11-14)20-12-19-16;1-3-11(14(15)16-4-2)7-10-5-6-12-13(8-10)18-9-17-12;9-4-6-1-2-7-8(3-6)11-5-10-7;3*2-1-3/h5-11,13H,3-4,12,14H2,1-2H3;1-7,9,14H,8,10-11H2,(H,18,19);1-7,11,15,18H,8-10,12H2;1-7,9,11,15H,8,10,12H2;5-8H,3-4,9H2,1-2H3;1-4H,5H2;;;/b;;;;11-7+;;;;. The third-order valence-electron chi connectivity index (χ3n) is 19.3. The number of carbonyl (C=O) groups excluding carboxylic acids is 9. The molecule has 0 radical (unpaired) electrons. The summed E-state index contributed by atoms with van der Waals surface area (Å²) in [5.41, 5.74) is 14.6. The molecule has 25 nitrogen and oxygen atoms in total. The molecule has 16 rings (SSSR count). The molecule has 10 aromatic carbocycles. The molecule has 6 heterocycles. The molecule has 0 bridgehead atoms. The van der Waals surface area contributed by atoms with E-state index in [0.29, 0.717) is 79.3 Å². The van der Waals surface area contributed by atoms with Crippen LogP contribution in [0.25, 0.3) is 11.6 Å². The number of allylic oxidation sites excluding steroid dienone is 2. The Morgan fingerprint density at radius 1 is 0.397 bits per heavy atom. The molecule has 0 fully saturated rings. The zero-order valence-electron chi connectivity index (χ0n) is 67.4. The van der Waals surface area contributed by atoms with Gasteiger partial charge in [0.25, 0.3) is 0 Å². The van der Waals surface area contributed by atoms with E-state index in [-0.39, 0.29) is 82.4 Å². The first-order chi connectivity index (χ1) is 59.1. The smallest absolute Gasteiger partial charge is 0.373 e. The van der Waals surface area contributed by atoms with E-state index in [4.69, 9.17) is 95.5 Å². The molecule has 0 aliphatic carbocycles. The summed E-state index contributed by atoms with van der Waals surface area (Å²) >= 11 is 0. The third-order valence-corrected chi connectivity index (χ3v) is 19.3. The van der Waals surface area contributed by atoms with Crippen LogP contribution in [0.5, 0.6) is 69.0 Å². The highest BCUT2D eigenvalue weighted by Gasteiger charge is 2.25. The zero-order chi connectivity index (χ0) is 86.4. The van der Waals surface area contributed by atoms with Crippen LogP contribution in [-0.4, -0.2) is 107 Å². The molecule has 10 aromatic rings. The van der Waals surface area contributed by atoms with Crippen molar-refractivity contribution in [3.8, 4) is 69.0 Å². The Morgan fingerprint density at radius 3 is 1.12 bits per heavy atom. The first-order valence-corrected chi connectivity index (χ1v) is 39.0. The molecule has 3 atom stereocenters. The van der Waals surface area contributed by atoms with Crippen molar-refractivity contribution in [3.05, 3.63) is 297 Å². The van der Waals surface area contributed by atoms with Gasteiger partial charge in [-0.05, 0) is 217 Å². The lowest BCUT2D eigenvalue weighted by Crippen LogP contribution is -2.09. The summed E-state index contributed by atoms with van der Waals surface area (Å²) < 4.78 is 68.8. The van der Waals surface area contributed by atoms with Crippen molar-refractivity contribution >= 4 is 54.6 Å². The summed E-state index contributed by atoms with van der Waals surface area (Å²) in [6, 6.07) is 75.7. The van der Waals surface area contributed by atoms with Gasteiger partial charge in [0, 0.05) is 24.2 Å². The topological polar surface area (TPSA) is 331 Å². The van der Waals surface area contributed by atoms with Gasteiger partial charge in [0.05, 0.1) is 13.0 Å². The molecule has 3 unspecified atom stereocenters. The number of aliphatic hydroxyl groups is 1. The van der Waals surface area contributed by atoms with E-state index in [0.717, 1.165) is 114 Å². The summed E-state index contributed by atoms with van der Waals surface area (Å²) in [6.45, 7) is 10.4. The van der Waals surface area contributed by atoms with Crippen molar-refractivity contribution in [3.63, 3.8) is 0 Å². The van der Waals surface area contributed by atoms with Gasteiger partial charge in [-0.1, -0.05) is 178 Å². The molecule has 628 valence electrons. The minimum absolute atomic E-state index is 0.0839. The van der Waals surface area contributed by atoms with Crippen LogP contribution in [-0.2, 0) is 73.6 Å². The summed E-state index contributed by atoms with van der Waals surface area (Å²) in [7, 11) is 0. The largest absolute Gasteiger partial charge is 0.481 e. The molecule has 121 heavy (non-hydrogen) atoms. The lowest BCUT2D eigenvalue weighted by atomic mass is 9.89. The van der Waals surface area contributed by atoms with Crippen molar-refractivity contribution < 1.29 is 120 Å². The second kappa shape index (κ2) is 51.0. The lowest BCUT2D eigenvalue weighted by Gasteiger charge is -2.17. The van der Waals surface area contributed by atoms with Crippen molar-refractivity contribution in [1.82, 2.24) is 0 Å². The van der Waals surface area contributed by atoms with E-state index in [1.54, 1.807) is 25.1 Å². The third kappa shape index (κ3) is 29.4. The number of ether oxygens (including phenoxy) is 13. The molecule has 25 heteroatoms. The van der Waals surface area contributed by atoms with Crippen LogP contribution in [0.15, 0.2) is 242 Å². The van der Waals surface area contributed by atoms with Crippen LogP contribution in [0, 0.1) is 0 Å². The average molecular weight is 1650 g/mol. The number of benzene rings is 10. The van der Waals surface area contributed by atoms with Gasteiger partial charge in [-0.15, -0.1) is 0 Å². The van der Waals surface area contributed by atoms with E-state index in [1.807, 2.05) is 153 Å². The molecular weight excluding hydrogens is 1550 g/mol. The molecule has 2 N–H and O–H groups in total. The monoisotopic (exact) mass is 1650 g/mol. The van der Waals surface area contributed by atoms with Gasteiger partial charge in [-0.2, -0.15) is 28.8 Å². The Morgan fingerprint density at radius 2 is 0.736 bits per heavy atom. The number of aliphatic carboxylic acids is 1. The molecule has 6 aliphatic heterocycles. The number of aliphatic hydroxyl groups excluding tert-OH is 1. The van der Waals surface area contributed by atoms with Crippen LogP contribution in [0.2, 0.25) is 0 Å². The second-order valence-corrected chi connectivity index (χ2v) is 26.9. The molecule has 0 saturated carbocycles. The molecule has 6 aliphatic rings. The maximum Gasteiger partial charge on any atom is 0.373 e. The predicted molar refractivity (Wildman–Crippen MR) is 442 cm³/mol. The summed E-state index contributed by atoms with van der Waals surface area (Å²) in [4.78, 5) is 92.8. The number of rotatable bonds is 25. The Bertz CT molecular complexity index is 5070. The van der Waals surface area contributed by atoms with E-state index in [2.05, 4.69) is 86.6 Å². The normalized spacial score (nSPS) is 12.7. The number of esters is 1. The maximum absolute atomic E-state index is 11.7. The highest BCUT2D eigenvalue weighted by Crippen LogP contribution is 2.42. The van der Waals surface area contributed by atoms with Crippen LogP contribution >= 0.6 is 0 Å². The SMILES string of the molecule is CCC(CC)=C(Cc1ccccc1)c1ccc2c(c1)OCO2.CCOC(=O)/C(=C/c1ccc2c(c1)OCO2)CC.O=C(O)CC(Cc1ccccc1)c1ccc2c(c1)OCO2.O=C=O.O=C=O.O=C=O.O=CCC(Cc1ccccc1)c1ccc2c(c1)OCO2.O=Cc1ccc2c(c1)OCO2.OCCC(Cc1ccccc1)c1ccc2c(c1)OCO2. The van der Waals surface area contributed by atoms with E-state index in [9.17, 15) is 24.3 Å². The fraction of sp³-hybridized carbons (Fsp3) is 0.260. The summed E-state index contributed by atoms with van der Waals surface area (Å²) in [5.74, 6) is 8.37. The number of carboxylic acid groups (broad SMARTS) is 1. The number of fused-ring (bicyclic) bond motifs is 6. The second-order valence-electron chi connectivity index (χ2n) is 26.9. The summed E-state index contributed by atoms with van der Waals surface area (Å²) in [5, 5.41) is 18.5. The molecule has 0 spiro atoms. The van der Waals surface area contributed by atoms with E-state index >= 15 is 0 Å². The number of hydrogen-bond donors (Lipinski definition) is 2. The molecular formula is C96H94O25. The first-order valence-electron chi connectivity index (χ1n) is 39.0. The van der Waals surface area contributed by atoms with Crippen LogP contribution in [0.4, 0.5) is 0 Å². The van der Waals surface area contributed by atoms with Crippen LogP contribution in [0.1, 0.15) is 144 Å². The van der Waals surface area contributed by atoms with Gasteiger partial charge in [-0.25, -0.2) is 4.79 Å². The lowest BCUT2D eigenvalue weighted by molar-refractivity contribution is -0.193. The first kappa shape index (κ1) is 92.2. The van der Waals surface area contributed by atoms with E-state index in [1.165, 1.54) is 39.0 Å². The van der Waals surface area contributed by atoms with Gasteiger partial charge >= 0.3 is 30.4 Å². The Hall–Kier alpha value is -14.3. The van der Waals surface area contributed by atoms with Gasteiger partial charge in [-0.3, -0.25) is 9.59 Å². The fourth-order valence-electron chi connectivity index (χ4n) is 13.4. The molecule has 0 amide bonds. The highest BCUT2D eigenvalue weighted by molar-refractivity contribution is 5.93. The predicted octanol–water partition coefficient (Wildman–Crippen LogP) is 17.2. The Balaban J connectivity index is 0.000000178. The Labute approximate surface area is 700 Å². The van der Waals surface area contributed by atoms with Crippen molar-refractivity contribution in [2.24, 2.45) is 0 Å². The fourth-order valence-corrected chi connectivity index (χ4v) is 13.4. The Kier molecular flexibility index (Phi) is 38.8. The number of hydrogen-bond acceptors (Lipinski definition) is 24. The van der Waals surface area contributed by atoms with Crippen molar-refractivity contribution in [1.29, 1.82) is 0 Å². The minimum atomic E-state index is -0.798. The summed E-state index contributed by atoms with van der Waals surface area (Å²) in [6.07, 6.45) is 11.9. The quantitative estimate of drug-likeness (QED) is 0.0305. The van der Waals surface area contributed by atoms with Crippen LogP contribution < -0.4 is 56.8 Å². The van der Waals surface area contributed by atoms with Gasteiger partial charge in [0.15, 0.2) is 69.0 Å². The van der Waals surface area contributed by atoms with Crippen LogP contribution in [0.3, 0.4) is 0 Å². The number of carbonyl (C=O) groups is 4. The highest BCUT2D eigenvalue weighted by atomic mass is 16.7. The number of aldehydes is 2. The number of carboxylic acids is 1. The maximum atomic E-state index is 11.7. The minimum Gasteiger partial charge on any atom is -0.481 e. The molecule has 0 aromatic heterocycles. The van der Waals surface area contributed by atoms with Gasteiger partial charge < -0.3 is 76.6 Å². The van der Waals surface area contributed by atoms with Crippen molar-refractivity contribution in [2.75, 3.05) is 54.0 Å².